The third-order valence-electron chi connectivity index (χ3n) is 17.1. The van der Waals surface area contributed by atoms with Gasteiger partial charge in [-0.25, -0.2) is 0 Å². The highest BCUT2D eigenvalue weighted by Gasteiger charge is 2.79. The van der Waals surface area contributed by atoms with Crippen molar-refractivity contribution in [3.63, 3.8) is 0 Å². The van der Waals surface area contributed by atoms with E-state index in [9.17, 15) is 40.9 Å². The third-order valence-corrected chi connectivity index (χ3v) is 17.1. The normalized spacial score (nSPS) is 53.8. The van der Waals surface area contributed by atoms with Gasteiger partial charge in [0.1, 0.15) is 36.6 Å². The summed E-state index contributed by atoms with van der Waals surface area (Å²) >= 11 is 0. The van der Waals surface area contributed by atoms with E-state index in [1.807, 2.05) is 27.7 Å². The molecule has 21 atom stereocenters. The van der Waals surface area contributed by atoms with Crippen LogP contribution in [-0.2, 0) is 28.4 Å². The Morgan fingerprint density at radius 3 is 2.09 bits per heavy atom. The number of hydrogen-bond acceptors (Lipinski definition) is 14. The zero-order valence-corrected chi connectivity index (χ0v) is 34.4. The molecule has 4 aliphatic carbocycles. The molecule has 2 saturated heterocycles. The Bertz CT molecular complexity index is 1320. The molecule has 6 fully saturated rings. The van der Waals surface area contributed by atoms with Crippen LogP contribution in [0.4, 0.5) is 0 Å². The van der Waals surface area contributed by atoms with Crippen LogP contribution in [0.15, 0.2) is 0 Å². The first kappa shape index (κ1) is 44.0. The molecule has 55 heavy (non-hydrogen) atoms. The fourth-order valence-electron chi connectivity index (χ4n) is 13.0. The van der Waals surface area contributed by atoms with Crippen LogP contribution in [0.25, 0.3) is 0 Å². The maximum absolute atomic E-state index is 13.0. The number of rotatable bonds is 12. The van der Waals surface area contributed by atoms with Crippen LogP contribution in [0.2, 0.25) is 0 Å². The van der Waals surface area contributed by atoms with Gasteiger partial charge in [0, 0.05) is 31.5 Å². The molecule has 14 nitrogen and oxygen atoms in total. The highest BCUT2D eigenvalue weighted by Crippen LogP contribution is 2.76. The molecule has 8 N–H and O–H groups in total. The van der Waals surface area contributed by atoms with Gasteiger partial charge in [-0.2, -0.15) is 0 Å². The Hall–Kier alpha value is -0.560. The van der Waals surface area contributed by atoms with Gasteiger partial charge in [0.25, 0.3) is 0 Å². The zero-order chi connectivity index (χ0) is 40.6. The molecule has 0 amide bonds. The summed E-state index contributed by atoms with van der Waals surface area (Å²) in [7, 11) is 2.89. The van der Waals surface area contributed by atoms with Crippen LogP contribution in [0.1, 0.15) is 99.8 Å². The Morgan fingerprint density at radius 2 is 1.47 bits per heavy atom. The minimum absolute atomic E-state index is 0.0231. The molecule has 0 spiro atoms. The van der Waals surface area contributed by atoms with Crippen molar-refractivity contribution in [1.29, 1.82) is 0 Å². The van der Waals surface area contributed by atoms with Gasteiger partial charge in [-0.05, 0) is 79.4 Å². The van der Waals surface area contributed by atoms with E-state index in [1.54, 1.807) is 0 Å². The molecule has 14 heteroatoms. The van der Waals surface area contributed by atoms with E-state index in [2.05, 4.69) is 20.8 Å². The van der Waals surface area contributed by atoms with E-state index >= 15 is 0 Å². The second-order valence-corrected chi connectivity index (χ2v) is 19.4. The Kier molecular flexibility index (Phi) is 12.6. The number of fused-ring (bicyclic) bond motifs is 5. The molecule has 0 bridgehead atoms. The smallest absolute Gasteiger partial charge is 0.187 e. The SMILES string of the molecule is CO[C@H]1[C@H](O[C@H]2[C@H](O[C@@H](CC[C@@H](C)[C@H]3C[C@@H](O)[C@@]4(C)[C@]5(O)C[C@H](O)[C@@]6(C)[C@@H](O)[C@@H](O)CC[C@]6(C)C5CC[C@]34C)C(C)C)O[C@H](CO)[C@@H]2O)OC[C@@H](OC)[C@@H]1O. The fourth-order valence-corrected chi connectivity index (χ4v) is 13.0. The van der Waals surface area contributed by atoms with Crippen LogP contribution >= 0.6 is 0 Å². The third kappa shape index (κ3) is 6.50. The van der Waals surface area contributed by atoms with Crippen molar-refractivity contribution in [2.45, 2.75) is 185 Å². The van der Waals surface area contributed by atoms with Crippen molar-refractivity contribution in [3.8, 4) is 0 Å². The first-order valence-corrected chi connectivity index (χ1v) is 20.8. The lowest BCUT2D eigenvalue weighted by Gasteiger charge is -2.73. The van der Waals surface area contributed by atoms with Gasteiger partial charge in [0.15, 0.2) is 12.6 Å². The van der Waals surface area contributed by atoms with E-state index < -0.39 is 107 Å². The van der Waals surface area contributed by atoms with Gasteiger partial charge >= 0.3 is 0 Å². The average Bonchev–Trinajstić information content (AvgIpc) is 3.55. The predicted octanol–water partition coefficient (Wildman–Crippen LogP) is 1.48. The minimum atomic E-state index is -1.39. The van der Waals surface area contributed by atoms with E-state index in [4.69, 9.17) is 28.4 Å². The molecular formula is C41H72O14. The maximum Gasteiger partial charge on any atom is 0.187 e. The first-order valence-electron chi connectivity index (χ1n) is 20.8. The summed E-state index contributed by atoms with van der Waals surface area (Å²) in [6.45, 7) is 14.0. The van der Waals surface area contributed by atoms with Crippen molar-refractivity contribution < 1.29 is 69.3 Å². The molecule has 2 heterocycles. The number of ether oxygens (including phenoxy) is 6. The highest BCUT2D eigenvalue weighted by atomic mass is 16.8. The van der Waals surface area contributed by atoms with Gasteiger partial charge in [0.2, 0.25) is 0 Å². The lowest BCUT2D eigenvalue weighted by atomic mass is 9.34. The maximum atomic E-state index is 13.0. The summed E-state index contributed by atoms with van der Waals surface area (Å²) in [5.74, 6) is -0.0665. The van der Waals surface area contributed by atoms with E-state index in [-0.39, 0.29) is 42.8 Å². The number of aliphatic hydroxyl groups excluding tert-OH is 7. The summed E-state index contributed by atoms with van der Waals surface area (Å²) < 4.78 is 35.5. The number of hydrogen-bond donors (Lipinski definition) is 8. The first-order chi connectivity index (χ1) is 25.7. The molecule has 0 aromatic rings. The molecule has 4 saturated carbocycles. The van der Waals surface area contributed by atoms with Crippen molar-refractivity contribution in [2.75, 3.05) is 27.4 Å². The van der Waals surface area contributed by atoms with Gasteiger partial charge in [-0.3, -0.25) is 0 Å². The highest BCUT2D eigenvalue weighted by molar-refractivity contribution is 5.27. The van der Waals surface area contributed by atoms with Crippen LogP contribution < -0.4 is 0 Å². The van der Waals surface area contributed by atoms with E-state index in [0.29, 0.717) is 32.1 Å². The monoisotopic (exact) mass is 788 g/mol. The standard InChI is InChI=1S/C41H72O14/c1-20(2)24(53-36-33(30(46)25(18-42)54-36)55-35-32(51-9)31(47)26(50-8)19-52-35)11-10-21(3)22-16-28(44)40(7)37(22,4)15-13-27-38(5)14-12-23(43)34(48)39(38,6)29(45)17-41(27,40)49/h20-36,42-49H,10-19H2,1-9H3/t21-,22-,23+,24+,25-,26-,27?,28-,29+,30+,31+,32-,33-,34+,35+,36-,37-,38-,39+,40-,41+/m1/s1. The molecule has 0 aromatic carbocycles. The summed E-state index contributed by atoms with van der Waals surface area (Å²) in [5.41, 5.74) is -4.44. The van der Waals surface area contributed by atoms with Gasteiger partial charge in [-0.1, -0.05) is 48.5 Å². The fraction of sp³-hybridized carbons (Fsp3) is 1.00. The molecule has 0 aromatic heterocycles. The topological polar surface area (TPSA) is 217 Å². The number of aliphatic hydroxyl groups is 8. The molecule has 6 aliphatic rings. The second kappa shape index (κ2) is 15.8. The van der Waals surface area contributed by atoms with E-state index in [1.165, 1.54) is 14.2 Å². The van der Waals surface area contributed by atoms with E-state index in [0.717, 1.165) is 12.8 Å². The predicted molar refractivity (Wildman–Crippen MR) is 198 cm³/mol. The Morgan fingerprint density at radius 1 is 0.800 bits per heavy atom. The Labute approximate surface area is 326 Å². The van der Waals surface area contributed by atoms with Crippen LogP contribution in [-0.4, -0.2) is 154 Å². The lowest BCUT2D eigenvalue weighted by molar-refractivity contribution is -0.336. The van der Waals surface area contributed by atoms with Crippen LogP contribution in [0.3, 0.4) is 0 Å². The average molecular weight is 789 g/mol. The zero-order valence-electron chi connectivity index (χ0n) is 34.4. The van der Waals surface area contributed by atoms with Crippen molar-refractivity contribution in [3.05, 3.63) is 0 Å². The molecule has 320 valence electrons. The summed E-state index contributed by atoms with van der Waals surface area (Å²) in [6, 6.07) is 0. The summed E-state index contributed by atoms with van der Waals surface area (Å²) in [6.07, 6.45) is -7.86. The number of methoxy groups -OCH3 is 2. The van der Waals surface area contributed by atoms with Gasteiger partial charge in [0.05, 0.1) is 49.3 Å². The molecule has 1 unspecified atom stereocenters. The molecule has 2 aliphatic heterocycles. The molecule has 6 rings (SSSR count). The minimum Gasteiger partial charge on any atom is -0.394 e. The van der Waals surface area contributed by atoms with Crippen LogP contribution in [0, 0.1) is 45.3 Å². The second-order valence-electron chi connectivity index (χ2n) is 19.4. The van der Waals surface area contributed by atoms with Crippen molar-refractivity contribution in [2.24, 2.45) is 45.3 Å². The van der Waals surface area contributed by atoms with Gasteiger partial charge < -0.3 is 69.3 Å². The van der Waals surface area contributed by atoms with Crippen molar-refractivity contribution >= 4 is 0 Å². The largest absolute Gasteiger partial charge is 0.394 e. The quantitative estimate of drug-likeness (QED) is 0.141. The molecule has 0 radical (unpaired) electrons. The lowest BCUT2D eigenvalue weighted by Crippen LogP contribution is -2.77. The van der Waals surface area contributed by atoms with Gasteiger partial charge in [-0.15, -0.1) is 0 Å². The van der Waals surface area contributed by atoms with Crippen molar-refractivity contribution in [1.82, 2.24) is 0 Å². The summed E-state index contributed by atoms with van der Waals surface area (Å²) in [4.78, 5) is 0. The molecular weight excluding hydrogens is 716 g/mol. The summed E-state index contributed by atoms with van der Waals surface area (Å²) in [5, 5.41) is 90.9. The van der Waals surface area contributed by atoms with Crippen LogP contribution in [0.5, 0.6) is 0 Å². The Balaban J connectivity index is 1.17.